The summed E-state index contributed by atoms with van der Waals surface area (Å²) in [6, 6.07) is 7.81. The molecule has 0 unspecified atom stereocenters. The van der Waals surface area contributed by atoms with Crippen molar-refractivity contribution in [2.45, 2.75) is 46.8 Å². The molecule has 0 bridgehead atoms. The summed E-state index contributed by atoms with van der Waals surface area (Å²) in [5.41, 5.74) is 8.00. The van der Waals surface area contributed by atoms with Gasteiger partial charge in [0.2, 0.25) is 0 Å². The molecule has 126 valence electrons. The molecular weight excluding hydrogens is 310 g/mol. The van der Waals surface area contributed by atoms with Crippen LogP contribution in [0, 0.1) is 0 Å². The number of carbonyl (C=O) groups excluding carboxylic acids is 1. The molecule has 23 heavy (non-hydrogen) atoms. The minimum atomic E-state index is -0.488. The first kappa shape index (κ1) is 19.0. The van der Waals surface area contributed by atoms with E-state index in [1.54, 1.807) is 0 Å². The molecule has 1 aromatic heterocycles. The Bertz CT molecular complexity index is 616. The molecule has 0 spiro atoms. The van der Waals surface area contributed by atoms with Gasteiger partial charge in [0.05, 0.1) is 5.69 Å². The van der Waals surface area contributed by atoms with E-state index >= 15 is 0 Å². The van der Waals surface area contributed by atoms with Crippen LogP contribution in [-0.2, 0) is 11.3 Å². The zero-order chi connectivity index (χ0) is 17.5. The summed E-state index contributed by atoms with van der Waals surface area (Å²) in [7, 11) is 0. The molecular formula is C17H25N3O2S. The maximum atomic E-state index is 11.6. The van der Waals surface area contributed by atoms with Gasteiger partial charge in [0, 0.05) is 17.5 Å². The Morgan fingerprint density at radius 2 is 1.87 bits per heavy atom. The van der Waals surface area contributed by atoms with Crippen LogP contribution in [0.4, 0.5) is 9.93 Å². The summed E-state index contributed by atoms with van der Waals surface area (Å²) in [5, 5.41) is 5.20. The third-order valence-corrected chi connectivity index (χ3v) is 3.28. The van der Waals surface area contributed by atoms with Crippen molar-refractivity contribution < 1.29 is 9.53 Å². The molecule has 0 saturated carbocycles. The second kappa shape index (κ2) is 8.53. The lowest BCUT2D eigenvalue weighted by molar-refractivity contribution is 0.0523. The molecule has 0 aliphatic heterocycles. The van der Waals surface area contributed by atoms with Gasteiger partial charge in [0.15, 0.2) is 5.13 Å². The first-order valence-corrected chi connectivity index (χ1v) is 8.48. The number of thiazole rings is 1. The number of amides is 1. The lowest BCUT2D eigenvalue weighted by Crippen LogP contribution is -2.32. The fourth-order valence-electron chi connectivity index (χ4n) is 1.70. The molecule has 0 radical (unpaired) electrons. The van der Waals surface area contributed by atoms with E-state index < -0.39 is 11.7 Å². The number of hydrogen-bond acceptors (Lipinski definition) is 5. The third-order valence-electron chi connectivity index (χ3n) is 2.61. The van der Waals surface area contributed by atoms with Crippen LogP contribution in [0.1, 0.15) is 40.2 Å². The number of anilines is 1. The minimum Gasteiger partial charge on any atom is -0.444 e. The number of rotatable bonds is 3. The van der Waals surface area contributed by atoms with E-state index in [1.165, 1.54) is 11.3 Å². The number of benzene rings is 1. The number of hydrogen-bond donors (Lipinski definition) is 2. The van der Waals surface area contributed by atoms with E-state index in [9.17, 15) is 4.79 Å². The largest absolute Gasteiger partial charge is 0.444 e. The zero-order valence-corrected chi connectivity index (χ0v) is 15.2. The Morgan fingerprint density at radius 1 is 1.26 bits per heavy atom. The predicted molar refractivity (Wildman–Crippen MR) is 96.4 cm³/mol. The van der Waals surface area contributed by atoms with E-state index in [0.717, 1.165) is 16.8 Å². The summed E-state index contributed by atoms with van der Waals surface area (Å²) < 4.78 is 5.18. The third kappa shape index (κ3) is 6.69. The average molecular weight is 335 g/mol. The first-order chi connectivity index (χ1) is 10.8. The lowest BCUT2D eigenvalue weighted by Gasteiger charge is -2.19. The van der Waals surface area contributed by atoms with Crippen molar-refractivity contribution in [3.05, 3.63) is 35.2 Å². The monoisotopic (exact) mass is 335 g/mol. The molecule has 2 rings (SSSR count). The number of alkyl carbamates (subject to hydrolysis) is 1. The van der Waals surface area contributed by atoms with Crippen LogP contribution < -0.4 is 11.1 Å². The van der Waals surface area contributed by atoms with Crippen LogP contribution in [0.3, 0.4) is 0 Å². The average Bonchev–Trinajstić information content (AvgIpc) is 2.93. The normalized spacial score (nSPS) is 10.5. The standard InChI is InChI=1S/C15H19N3O2S.C2H6/c1-15(2,3)20-14(19)17-8-10-4-6-11(7-5-10)12-9-21-13(16)18-12;1-2/h4-7,9H,8H2,1-3H3,(H2,16,18)(H,17,19);1-2H3. The van der Waals surface area contributed by atoms with Gasteiger partial charge < -0.3 is 15.8 Å². The summed E-state index contributed by atoms with van der Waals surface area (Å²) in [4.78, 5) is 15.8. The molecule has 0 saturated heterocycles. The van der Waals surface area contributed by atoms with Crippen molar-refractivity contribution in [2.24, 2.45) is 0 Å². The molecule has 1 heterocycles. The number of nitrogens with zero attached hydrogens (tertiary/aromatic N) is 1. The number of carbonyl (C=O) groups is 1. The first-order valence-electron chi connectivity index (χ1n) is 7.61. The van der Waals surface area contributed by atoms with Crippen LogP contribution in [0.5, 0.6) is 0 Å². The highest BCUT2D eigenvalue weighted by molar-refractivity contribution is 7.13. The van der Waals surface area contributed by atoms with Crippen molar-refractivity contribution in [2.75, 3.05) is 5.73 Å². The van der Waals surface area contributed by atoms with Crippen LogP contribution in [0.25, 0.3) is 11.3 Å². The maximum absolute atomic E-state index is 11.6. The van der Waals surface area contributed by atoms with E-state index in [1.807, 2.05) is 64.3 Å². The van der Waals surface area contributed by atoms with E-state index in [-0.39, 0.29) is 0 Å². The molecule has 5 nitrogen and oxygen atoms in total. The van der Waals surface area contributed by atoms with Crippen molar-refractivity contribution in [1.82, 2.24) is 10.3 Å². The summed E-state index contributed by atoms with van der Waals surface area (Å²) >= 11 is 1.42. The molecule has 3 N–H and O–H groups in total. The smallest absolute Gasteiger partial charge is 0.407 e. The van der Waals surface area contributed by atoms with Gasteiger partial charge in [-0.1, -0.05) is 38.1 Å². The Labute approximate surface area is 141 Å². The van der Waals surface area contributed by atoms with Gasteiger partial charge in [-0.3, -0.25) is 0 Å². The van der Waals surface area contributed by atoms with Crippen LogP contribution >= 0.6 is 11.3 Å². The van der Waals surface area contributed by atoms with Crippen LogP contribution in [-0.4, -0.2) is 16.7 Å². The van der Waals surface area contributed by atoms with Crippen molar-refractivity contribution in [3.8, 4) is 11.3 Å². The highest BCUT2D eigenvalue weighted by atomic mass is 32.1. The predicted octanol–water partition coefficient (Wildman–Crippen LogP) is 4.44. The quantitative estimate of drug-likeness (QED) is 0.869. The summed E-state index contributed by atoms with van der Waals surface area (Å²) in [6.07, 6.45) is -0.418. The van der Waals surface area contributed by atoms with Gasteiger partial charge in [-0.05, 0) is 26.3 Å². The fraction of sp³-hybridized carbons (Fsp3) is 0.412. The second-order valence-electron chi connectivity index (χ2n) is 5.62. The van der Waals surface area contributed by atoms with Crippen molar-refractivity contribution in [1.29, 1.82) is 0 Å². The van der Waals surface area contributed by atoms with E-state index in [4.69, 9.17) is 10.5 Å². The van der Waals surface area contributed by atoms with Crippen molar-refractivity contribution in [3.63, 3.8) is 0 Å². The van der Waals surface area contributed by atoms with E-state index in [2.05, 4.69) is 10.3 Å². The topological polar surface area (TPSA) is 77.2 Å². The molecule has 0 aliphatic carbocycles. The molecule has 1 amide bonds. The van der Waals surface area contributed by atoms with Gasteiger partial charge in [-0.15, -0.1) is 11.3 Å². The van der Waals surface area contributed by atoms with Crippen LogP contribution in [0.15, 0.2) is 29.6 Å². The molecule has 0 fully saturated rings. The fourth-order valence-corrected chi connectivity index (χ4v) is 2.27. The lowest BCUT2D eigenvalue weighted by atomic mass is 10.1. The SMILES string of the molecule is CC.CC(C)(C)OC(=O)NCc1ccc(-c2csc(N)n2)cc1. The van der Waals surface area contributed by atoms with Gasteiger partial charge in [0.1, 0.15) is 5.60 Å². The number of nitrogens with two attached hydrogens (primary N) is 1. The highest BCUT2D eigenvalue weighted by Crippen LogP contribution is 2.23. The Hall–Kier alpha value is -2.08. The minimum absolute atomic E-state index is 0.418. The summed E-state index contributed by atoms with van der Waals surface area (Å²) in [6.45, 7) is 9.93. The maximum Gasteiger partial charge on any atom is 0.407 e. The molecule has 6 heteroatoms. The Kier molecular flexibility index (Phi) is 7.03. The molecule has 1 aromatic carbocycles. The number of ether oxygens (including phenoxy) is 1. The van der Waals surface area contributed by atoms with Crippen LogP contribution in [0.2, 0.25) is 0 Å². The number of nitrogen functional groups attached to an aromatic ring is 1. The molecule has 0 atom stereocenters. The molecule has 2 aromatic rings. The Balaban J connectivity index is 0.00000127. The highest BCUT2D eigenvalue weighted by Gasteiger charge is 2.15. The van der Waals surface area contributed by atoms with Gasteiger partial charge in [0.25, 0.3) is 0 Å². The number of nitrogens with one attached hydrogen (secondary N) is 1. The second-order valence-corrected chi connectivity index (χ2v) is 6.51. The molecule has 0 aliphatic rings. The Morgan fingerprint density at radius 3 is 2.35 bits per heavy atom. The zero-order valence-electron chi connectivity index (χ0n) is 14.3. The van der Waals surface area contributed by atoms with Crippen molar-refractivity contribution >= 4 is 22.6 Å². The van der Waals surface area contributed by atoms with Gasteiger partial charge in [-0.25, -0.2) is 9.78 Å². The van der Waals surface area contributed by atoms with E-state index in [0.29, 0.717) is 11.7 Å². The van der Waals surface area contributed by atoms with Gasteiger partial charge in [-0.2, -0.15) is 0 Å². The summed E-state index contributed by atoms with van der Waals surface area (Å²) in [5.74, 6) is 0. The van der Waals surface area contributed by atoms with Gasteiger partial charge >= 0.3 is 6.09 Å². The number of aromatic nitrogens is 1.